The van der Waals surface area contributed by atoms with Crippen LogP contribution in [0.2, 0.25) is 0 Å². The van der Waals surface area contributed by atoms with E-state index in [1.165, 1.54) is 31.2 Å². The fourth-order valence-electron chi connectivity index (χ4n) is 4.46. The predicted molar refractivity (Wildman–Crippen MR) is 73.3 cm³/mol. The molecule has 2 aliphatic rings. The summed E-state index contributed by atoms with van der Waals surface area (Å²) in [5.74, 6) is 0. The molecule has 2 heteroatoms. The Bertz CT molecular complexity index is 402. The first kappa shape index (κ1) is 12.2. The Labute approximate surface area is 109 Å². The van der Waals surface area contributed by atoms with Crippen LogP contribution in [0.5, 0.6) is 0 Å². The third-order valence-corrected chi connectivity index (χ3v) is 5.44. The van der Waals surface area contributed by atoms with E-state index in [0.717, 1.165) is 12.8 Å². The molecule has 2 aliphatic carbocycles. The van der Waals surface area contributed by atoms with Gasteiger partial charge in [0.2, 0.25) is 0 Å². The van der Waals surface area contributed by atoms with Crippen molar-refractivity contribution in [3.8, 4) is 0 Å². The fraction of sp³-hybridized carbons (Fsp3) is 0.625. The van der Waals surface area contributed by atoms with E-state index in [-0.39, 0.29) is 16.9 Å². The van der Waals surface area contributed by atoms with Crippen LogP contribution in [0.25, 0.3) is 0 Å². The zero-order valence-corrected chi connectivity index (χ0v) is 10.9. The molecular formula is C16H23NO. The molecule has 3 N–H and O–H groups in total. The molecule has 0 amide bonds. The van der Waals surface area contributed by atoms with Crippen molar-refractivity contribution in [2.45, 2.75) is 50.0 Å². The second-order valence-electron chi connectivity index (χ2n) is 6.20. The third kappa shape index (κ3) is 1.55. The van der Waals surface area contributed by atoms with E-state index in [1.54, 1.807) is 0 Å². The minimum Gasteiger partial charge on any atom is -0.393 e. The molecule has 1 aromatic carbocycles. The van der Waals surface area contributed by atoms with Crippen LogP contribution in [0, 0.1) is 5.41 Å². The molecule has 2 fully saturated rings. The van der Waals surface area contributed by atoms with Gasteiger partial charge in [0, 0.05) is 5.41 Å². The first-order valence-electron chi connectivity index (χ1n) is 7.16. The lowest BCUT2D eigenvalue weighted by Crippen LogP contribution is -2.58. The summed E-state index contributed by atoms with van der Waals surface area (Å²) < 4.78 is 0. The average molecular weight is 245 g/mol. The van der Waals surface area contributed by atoms with Gasteiger partial charge in [0.25, 0.3) is 0 Å². The maximum atomic E-state index is 9.78. The summed E-state index contributed by atoms with van der Waals surface area (Å²) in [5, 5.41) is 9.78. The van der Waals surface area contributed by atoms with Crippen LogP contribution in [0.1, 0.15) is 44.1 Å². The maximum absolute atomic E-state index is 9.78. The van der Waals surface area contributed by atoms with Crippen molar-refractivity contribution in [2.24, 2.45) is 11.1 Å². The molecule has 0 heterocycles. The van der Waals surface area contributed by atoms with Gasteiger partial charge in [0.15, 0.2) is 0 Å². The van der Waals surface area contributed by atoms with Crippen LogP contribution >= 0.6 is 0 Å². The Hall–Kier alpha value is -0.860. The van der Waals surface area contributed by atoms with E-state index < -0.39 is 0 Å². The number of hydrogen-bond acceptors (Lipinski definition) is 2. The van der Waals surface area contributed by atoms with Crippen LogP contribution < -0.4 is 5.73 Å². The second kappa shape index (κ2) is 4.36. The first-order valence-corrected chi connectivity index (χ1v) is 7.16. The van der Waals surface area contributed by atoms with E-state index in [0.29, 0.717) is 6.54 Å². The number of benzene rings is 1. The Morgan fingerprint density at radius 2 is 1.72 bits per heavy atom. The van der Waals surface area contributed by atoms with Crippen LogP contribution in [-0.4, -0.2) is 17.8 Å². The van der Waals surface area contributed by atoms with Gasteiger partial charge in [-0.05, 0) is 43.2 Å². The van der Waals surface area contributed by atoms with E-state index >= 15 is 0 Å². The lowest BCUT2D eigenvalue weighted by atomic mass is 9.49. The van der Waals surface area contributed by atoms with E-state index in [9.17, 15) is 5.11 Å². The van der Waals surface area contributed by atoms with Crippen LogP contribution in [0.4, 0.5) is 0 Å². The summed E-state index contributed by atoms with van der Waals surface area (Å²) in [4.78, 5) is 0. The van der Waals surface area contributed by atoms with Crippen molar-refractivity contribution >= 4 is 0 Å². The Morgan fingerprint density at radius 3 is 2.22 bits per heavy atom. The van der Waals surface area contributed by atoms with Gasteiger partial charge in [-0.2, -0.15) is 0 Å². The molecule has 0 spiro atoms. The molecule has 2 nitrogen and oxygen atoms in total. The molecule has 0 bridgehead atoms. The summed E-state index contributed by atoms with van der Waals surface area (Å²) in [6, 6.07) is 10.9. The Balaban J connectivity index is 2.02. The summed E-state index contributed by atoms with van der Waals surface area (Å²) in [5.41, 5.74) is 7.93. The van der Waals surface area contributed by atoms with Gasteiger partial charge in [0.05, 0.1) is 6.10 Å². The summed E-state index contributed by atoms with van der Waals surface area (Å²) in [6.45, 7) is 0.707. The average Bonchev–Trinajstić information content (AvgIpc) is 2.86. The quantitative estimate of drug-likeness (QED) is 0.860. The second-order valence-corrected chi connectivity index (χ2v) is 6.20. The van der Waals surface area contributed by atoms with Gasteiger partial charge in [-0.15, -0.1) is 0 Å². The highest BCUT2D eigenvalue weighted by Crippen LogP contribution is 2.61. The molecule has 3 rings (SSSR count). The predicted octanol–water partition coefficient (Wildman–Crippen LogP) is 2.60. The zero-order valence-electron chi connectivity index (χ0n) is 10.9. The fourth-order valence-corrected chi connectivity index (χ4v) is 4.46. The van der Waals surface area contributed by atoms with E-state index in [4.69, 9.17) is 5.73 Å². The van der Waals surface area contributed by atoms with Gasteiger partial charge in [-0.25, -0.2) is 0 Å². The highest BCUT2D eigenvalue weighted by Gasteiger charge is 2.58. The van der Waals surface area contributed by atoms with Crippen molar-refractivity contribution in [2.75, 3.05) is 6.54 Å². The van der Waals surface area contributed by atoms with E-state index in [2.05, 4.69) is 30.3 Å². The van der Waals surface area contributed by atoms with Crippen molar-refractivity contribution in [3.63, 3.8) is 0 Å². The van der Waals surface area contributed by atoms with E-state index in [1.807, 2.05) is 0 Å². The molecule has 0 unspecified atom stereocenters. The lowest BCUT2D eigenvalue weighted by Gasteiger charge is -2.57. The largest absolute Gasteiger partial charge is 0.393 e. The molecule has 18 heavy (non-hydrogen) atoms. The van der Waals surface area contributed by atoms with Crippen LogP contribution in [0.3, 0.4) is 0 Å². The van der Waals surface area contributed by atoms with Gasteiger partial charge in [-0.1, -0.05) is 43.2 Å². The maximum Gasteiger partial charge on any atom is 0.0552 e. The lowest BCUT2D eigenvalue weighted by molar-refractivity contribution is -0.0786. The summed E-state index contributed by atoms with van der Waals surface area (Å²) in [7, 11) is 0. The molecule has 0 saturated heterocycles. The van der Waals surface area contributed by atoms with Crippen LogP contribution in [0.15, 0.2) is 30.3 Å². The van der Waals surface area contributed by atoms with Gasteiger partial charge in [0.1, 0.15) is 0 Å². The smallest absolute Gasteiger partial charge is 0.0552 e. The normalized spacial score (nSPS) is 34.2. The summed E-state index contributed by atoms with van der Waals surface area (Å²) in [6.07, 6.45) is 6.72. The zero-order chi connectivity index (χ0) is 12.6. The molecule has 2 saturated carbocycles. The minimum atomic E-state index is -0.130. The van der Waals surface area contributed by atoms with Crippen LogP contribution in [-0.2, 0) is 5.41 Å². The highest BCUT2D eigenvalue weighted by atomic mass is 16.3. The number of aliphatic hydroxyl groups is 1. The summed E-state index contributed by atoms with van der Waals surface area (Å²) >= 11 is 0. The topological polar surface area (TPSA) is 46.2 Å². The molecule has 0 aromatic heterocycles. The van der Waals surface area contributed by atoms with Gasteiger partial charge >= 0.3 is 0 Å². The van der Waals surface area contributed by atoms with Gasteiger partial charge < -0.3 is 10.8 Å². The number of nitrogens with two attached hydrogens (primary N) is 1. The molecule has 0 atom stereocenters. The number of aliphatic hydroxyl groups excluding tert-OH is 1. The Kier molecular flexibility index (Phi) is 2.95. The highest BCUT2D eigenvalue weighted by molar-refractivity contribution is 5.32. The Morgan fingerprint density at radius 1 is 1.11 bits per heavy atom. The van der Waals surface area contributed by atoms with Crippen molar-refractivity contribution in [3.05, 3.63) is 35.9 Å². The molecule has 0 radical (unpaired) electrons. The molecule has 0 aliphatic heterocycles. The van der Waals surface area contributed by atoms with Gasteiger partial charge in [-0.3, -0.25) is 0 Å². The number of rotatable bonds is 3. The standard InChI is InChI=1S/C16H23NO/c17-12-15(10-14(18)11-15)16(8-4-5-9-16)13-6-2-1-3-7-13/h1-3,6-7,14,18H,4-5,8-12,17H2. The molecule has 1 aromatic rings. The van der Waals surface area contributed by atoms with Crippen molar-refractivity contribution < 1.29 is 5.11 Å². The molecular weight excluding hydrogens is 222 g/mol. The minimum absolute atomic E-state index is 0.130. The van der Waals surface area contributed by atoms with Crippen molar-refractivity contribution in [1.82, 2.24) is 0 Å². The first-order chi connectivity index (χ1) is 8.72. The molecule has 98 valence electrons. The third-order valence-electron chi connectivity index (χ3n) is 5.44. The number of hydrogen-bond donors (Lipinski definition) is 2. The van der Waals surface area contributed by atoms with Crippen molar-refractivity contribution in [1.29, 1.82) is 0 Å². The monoisotopic (exact) mass is 245 g/mol. The SMILES string of the molecule is NCC1(C2(c3ccccc3)CCCC2)CC(O)C1.